The minimum atomic E-state index is -4.48. The minimum Gasteiger partial charge on any atom is -0.355 e. The first-order chi connectivity index (χ1) is 12.7. The Morgan fingerprint density at radius 1 is 1.15 bits per heavy atom. The van der Waals surface area contributed by atoms with Crippen molar-refractivity contribution in [2.24, 2.45) is 5.92 Å². The monoisotopic (exact) mass is 417 g/mol. The number of nitrogens with zero attached hydrogens (tertiary/aromatic N) is 2. The molecule has 27 heavy (non-hydrogen) atoms. The lowest BCUT2D eigenvalue weighted by Gasteiger charge is -2.32. The van der Waals surface area contributed by atoms with Crippen molar-refractivity contribution in [2.45, 2.75) is 19.0 Å². The molecule has 1 aromatic carbocycles. The van der Waals surface area contributed by atoms with Gasteiger partial charge in [0.25, 0.3) is 0 Å². The van der Waals surface area contributed by atoms with Gasteiger partial charge in [0.15, 0.2) is 0 Å². The molecule has 0 radical (unpaired) electrons. The molecular formula is C18H16Cl2F3N3O. The first-order valence-corrected chi connectivity index (χ1v) is 9.04. The summed E-state index contributed by atoms with van der Waals surface area (Å²) in [6.07, 6.45) is -2.60. The lowest BCUT2D eigenvalue weighted by atomic mass is 9.95. The molecule has 2 heterocycles. The van der Waals surface area contributed by atoms with Gasteiger partial charge in [-0.2, -0.15) is 13.2 Å². The van der Waals surface area contributed by atoms with Crippen LogP contribution in [0.2, 0.25) is 10.0 Å². The number of alkyl halides is 3. The normalized spacial score (nSPS) is 15.7. The molecule has 2 aromatic rings. The Balaban J connectivity index is 1.60. The van der Waals surface area contributed by atoms with Gasteiger partial charge in [-0.25, -0.2) is 4.98 Å². The van der Waals surface area contributed by atoms with Crippen LogP contribution in [0.5, 0.6) is 0 Å². The van der Waals surface area contributed by atoms with Crippen molar-refractivity contribution in [1.82, 2.24) is 4.98 Å². The maximum absolute atomic E-state index is 12.7. The Labute approximate surface area is 164 Å². The molecule has 0 bridgehead atoms. The molecule has 3 rings (SSSR count). The van der Waals surface area contributed by atoms with Gasteiger partial charge in [0.2, 0.25) is 5.91 Å². The van der Waals surface area contributed by atoms with Gasteiger partial charge in [-0.05, 0) is 43.2 Å². The van der Waals surface area contributed by atoms with Crippen molar-refractivity contribution < 1.29 is 18.0 Å². The van der Waals surface area contributed by atoms with Gasteiger partial charge in [-0.3, -0.25) is 4.79 Å². The Morgan fingerprint density at radius 2 is 1.78 bits per heavy atom. The SMILES string of the molecule is O=C(Nc1ccc(Cl)cc1)C1CCN(c2ncc(C(F)(F)F)cc2Cl)CC1. The molecular weight excluding hydrogens is 402 g/mol. The average molecular weight is 418 g/mol. The van der Waals surface area contributed by atoms with E-state index < -0.39 is 11.7 Å². The molecule has 0 saturated carbocycles. The Hall–Kier alpha value is -1.99. The van der Waals surface area contributed by atoms with E-state index in [2.05, 4.69) is 10.3 Å². The van der Waals surface area contributed by atoms with Gasteiger partial charge in [0, 0.05) is 35.9 Å². The number of carbonyl (C=O) groups is 1. The highest BCUT2D eigenvalue weighted by Crippen LogP contribution is 2.34. The largest absolute Gasteiger partial charge is 0.417 e. The average Bonchev–Trinajstić information content (AvgIpc) is 2.63. The van der Waals surface area contributed by atoms with Crippen LogP contribution in [0.1, 0.15) is 18.4 Å². The van der Waals surface area contributed by atoms with Crippen molar-refractivity contribution in [3.63, 3.8) is 0 Å². The smallest absolute Gasteiger partial charge is 0.355 e. The predicted octanol–water partition coefficient (Wildman–Crippen LogP) is 5.26. The summed E-state index contributed by atoms with van der Waals surface area (Å²) < 4.78 is 38.2. The van der Waals surface area contributed by atoms with Crippen LogP contribution in [0.15, 0.2) is 36.5 Å². The molecule has 1 amide bonds. The molecule has 1 aliphatic rings. The van der Waals surface area contributed by atoms with Crippen molar-refractivity contribution in [3.05, 3.63) is 52.1 Å². The van der Waals surface area contributed by atoms with Crippen LogP contribution in [-0.4, -0.2) is 24.0 Å². The number of nitrogens with one attached hydrogen (secondary N) is 1. The number of hydrogen-bond acceptors (Lipinski definition) is 3. The highest BCUT2D eigenvalue weighted by Gasteiger charge is 2.33. The molecule has 0 atom stereocenters. The van der Waals surface area contributed by atoms with Crippen LogP contribution in [0.25, 0.3) is 0 Å². The summed E-state index contributed by atoms with van der Waals surface area (Å²) in [4.78, 5) is 18.1. The van der Waals surface area contributed by atoms with Gasteiger partial charge in [0.05, 0.1) is 10.6 Å². The molecule has 1 saturated heterocycles. The van der Waals surface area contributed by atoms with Crippen molar-refractivity contribution >= 4 is 40.6 Å². The van der Waals surface area contributed by atoms with E-state index in [4.69, 9.17) is 23.2 Å². The predicted molar refractivity (Wildman–Crippen MR) is 99.3 cm³/mol. The fraction of sp³-hybridized carbons (Fsp3) is 0.333. The summed E-state index contributed by atoms with van der Waals surface area (Å²) >= 11 is 11.8. The second kappa shape index (κ2) is 7.94. The summed E-state index contributed by atoms with van der Waals surface area (Å²) in [6.45, 7) is 0.966. The number of carbonyl (C=O) groups excluding carboxylic acids is 1. The quantitative estimate of drug-likeness (QED) is 0.740. The first-order valence-electron chi connectivity index (χ1n) is 8.28. The van der Waals surface area contributed by atoms with Gasteiger partial charge in [0.1, 0.15) is 5.82 Å². The highest BCUT2D eigenvalue weighted by atomic mass is 35.5. The van der Waals surface area contributed by atoms with E-state index in [9.17, 15) is 18.0 Å². The van der Waals surface area contributed by atoms with E-state index in [1.54, 1.807) is 29.2 Å². The van der Waals surface area contributed by atoms with Gasteiger partial charge in [-0.15, -0.1) is 0 Å². The number of halogens is 5. The first kappa shape index (κ1) is 19.8. The second-order valence-electron chi connectivity index (χ2n) is 6.28. The summed E-state index contributed by atoms with van der Waals surface area (Å²) in [5, 5.41) is 3.38. The van der Waals surface area contributed by atoms with Crippen LogP contribution >= 0.6 is 23.2 Å². The Bertz CT molecular complexity index is 820. The fourth-order valence-electron chi connectivity index (χ4n) is 2.95. The zero-order valence-corrected chi connectivity index (χ0v) is 15.6. The molecule has 1 aromatic heterocycles. The van der Waals surface area contributed by atoms with Crippen LogP contribution in [-0.2, 0) is 11.0 Å². The van der Waals surface area contributed by atoms with Gasteiger partial charge in [-0.1, -0.05) is 23.2 Å². The maximum Gasteiger partial charge on any atom is 0.417 e. The standard InChI is InChI=1S/C18H16Cl2F3N3O/c19-13-1-3-14(4-2-13)25-17(27)11-5-7-26(8-6-11)16-15(20)9-12(10-24-16)18(21,22)23/h1-4,9-11H,5-8H2,(H,25,27). The van der Waals surface area contributed by atoms with E-state index in [1.165, 1.54) is 0 Å². The number of piperidine rings is 1. The molecule has 0 spiro atoms. The molecule has 0 unspecified atom stereocenters. The number of hydrogen-bond donors (Lipinski definition) is 1. The molecule has 1 fully saturated rings. The Kier molecular flexibility index (Phi) is 5.81. The van der Waals surface area contributed by atoms with Crippen LogP contribution < -0.4 is 10.2 Å². The van der Waals surface area contributed by atoms with E-state index in [0.29, 0.717) is 42.5 Å². The van der Waals surface area contributed by atoms with E-state index in [1.807, 2.05) is 0 Å². The number of rotatable bonds is 3. The zero-order valence-electron chi connectivity index (χ0n) is 14.1. The molecule has 1 N–H and O–H groups in total. The van der Waals surface area contributed by atoms with Gasteiger partial charge >= 0.3 is 6.18 Å². The molecule has 9 heteroatoms. The van der Waals surface area contributed by atoms with Crippen LogP contribution in [0, 0.1) is 5.92 Å². The summed E-state index contributed by atoms with van der Waals surface area (Å²) in [5.74, 6) is 0.0230. The number of aromatic nitrogens is 1. The van der Waals surface area contributed by atoms with E-state index in [0.717, 1.165) is 12.3 Å². The van der Waals surface area contributed by atoms with Crippen LogP contribution in [0.4, 0.5) is 24.7 Å². The minimum absolute atomic E-state index is 0.0473. The van der Waals surface area contributed by atoms with Crippen molar-refractivity contribution in [2.75, 3.05) is 23.3 Å². The highest BCUT2D eigenvalue weighted by molar-refractivity contribution is 6.33. The Morgan fingerprint density at radius 3 is 2.33 bits per heavy atom. The van der Waals surface area contributed by atoms with E-state index >= 15 is 0 Å². The number of anilines is 2. The van der Waals surface area contributed by atoms with E-state index in [-0.39, 0.29) is 16.8 Å². The third kappa shape index (κ3) is 4.84. The number of pyridine rings is 1. The topological polar surface area (TPSA) is 45.2 Å². The number of amides is 1. The molecule has 4 nitrogen and oxygen atoms in total. The molecule has 0 aliphatic carbocycles. The fourth-order valence-corrected chi connectivity index (χ4v) is 3.36. The maximum atomic E-state index is 12.7. The summed E-state index contributed by atoms with van der Waals surface area (Å²) in [6, 6.07) is 7.71. The van der Waals surface area contributed by atoms with Gasteiger partial charge < -0.3 is 10.2 Å². The van der Waals surface area contributed by atoms with Crippen molar-refractivity contribution in [1.29, 1.82) is 0 Å². The third-order valence-electron chi connectivity index (χ3n) is 4.43. The molecule has 144 valence electrons. The van der Waals surface area contributed by atoms with Crippen molar-refractivity contribution in [3.8, 4) is 0 Å². The summed E-state index contributed by atoms with van der Waals surface area (Å²) in [7, 11) is 0. The van der Waals surface area contributed by atoms with Crippen LogP contribution in [0.3, 0.4) is 0 Å². The lowest BCUT2D eigenvalue weighted by Crippen LogP contribution is -2.38. The zero-order chi connectivity index (χ0) is 19.6. The molecule has 1 aliphatic heterocycles. The second-order valence-corrected chi connectivity index (χ2v) is 7.13. The number of benzene rings is 1. The lowest BCUT2D eigenvalue weighted by molar-refractivity contribution is -0.137. The summed E-state index contributed by atoms with van der Waals surface area (Å²) in [5.41, 5.74) is -0.215. The third-order valence-corrected chi connectivity index (χ3v) is 4.96.